The van der Waals surface area contributed by atoms with E-state index in [1.54, 1.807) is 12.1 Å². The SMILES string of the molecule is C=CCS(=O)(=O)c1ccc2[nH]cc(CN3CCN(C)CC3)c2c1. The molecule has 1 N–H and O–H groups in total. The standard InChI is InChI=1S/C17H23N3O2S/c1-3-10-23(21,22)15-4-5-17-16(11-15)14(12-18-17)13-20-8-6-19(2)7-9-20/h3-5,11-12,18H,1,6-10,13H2,2H3. The first-order valence-corrected chi connectivity index (χ1v) is 9.49. The number of hydrogen-bond donors (Lipinski definition) is 1. The van der Waals surface area contributed by atoms with Gasteiger partial charge in [-0.1, -0.05) is 6.08 Å². The van der Waals surface area contributed by atoms with Crippen LogP contribution < -0.4 is 0 Å². The maximum Gasteiger partial charge on any atom is 0.181 e. The fourth-order valence-electron chi connectivity index (χ4n) is 2.98. The molecule has 3 rings (SSSR count). The number of H-pyrrole nitrogens is 1. The number of nitrogens with one attached hydrogen (secondary N) is 1. The van der Waals surface area contributed by atoms with Crippen molar-refractivity contribution in [2.75, 3.05) is 39.0 Å². The predicted molar refractivity (Wildman–Crippen MR) is 93.3 cm³/mol. The third kappa shape index (κ3) is 3.49. The first kappa shape index (κ1) is 16.2. The summed E-state index contributed by atoms with van der Waals surface area (Å²) in [5, 5.41) is 0.995. The maximum atomic E-state index is 12.2. The number of nitrogens with zero attached hydrogens (tertiary/aromatic N) is 2. The number of benzene rings is 1. The highest BCUT2D eigenvalue weighted by atomic mass is 32.2. The number of likely N-dealkylation sites (N-methyl/N-ethyl adjacent to an activating group) is 1. The summed E-state index contributed by atoms with van der Waals surface area (Å²) in [6.45, 7) is 8.59. The number of sulfone groups is 1. The minimum Gasteiger partial charge on any atom is -0.361 e. The van der Waals surface area contributed by atoms with Crippen molar-refractivity contribution in [2.24, 2.45) is 0 Å². The van der Waals surface area contributed by atoms with E-state index in [1.165, 1.54) is 6.08 Å². The minimum atomic E-state index is -3.29. The molecule has 0 unspecified atom stereocenters. The van der Waals surface area contributed by atoms with Crippen LogP contribution in [0.5, 0.6) is 0 Å². The average molecular weight is 333 g/mol. The van der Waals surface area contributed by atoms with Gasteiger partial charge in [0.15, 0.2) is 9.84 Å². The molecule has 0 amide bonds. The number of aromatic amines is 1. The van der Waals surface area contributed by atoms with E-state index in [9.17, 15) is 8.42 Å². The quantitative estimate of drug-likeness (QED) is 0.849. The number of aromatic nitrogens is 1. The highest BCUT2D eigenvalue weighted by Crippen LogP contribution is 2.24. The number of fused-ring (bicyclic) bond motifs is 1. The van der Waals surface area contributed by atoms with Crippen molar-refractivity contribution < 1.29 is 8.42 Å². The monoisotopic (exact) mass is 333 g/mol. The van der Waals surface area contributed by atoms with E-state index in [4.69, 9.17) is 0 Å². The lowest BCUT2D eigenvalue weighted by Crippen LogP contribution is -2.43. The molecule has 1 aliphatic heterocycles. The first-order valence-electron chi connectivity index (χ1n) is 7.84. The molecule has 0 aliphatic carbocycles. The number of piperazine rings is 1. The van der Waals surface area contributed by atoms with Crippen LogP contribution in [0.4, 0.5) is 0 Å². The van der Waals surface area contributed by atoms with E-state index in [2.05, 4.69) is 28.4 Å². The number of rotatable bonds is 5. The molecule has 2 aromatic rings. The van der Waals surface area contributed by atoms with Gasteiger partial charge in [0.2, 0.25) is 0 Å². The Morgan fingerprint density at radius 2 is 2.00 bits per heavy atom. The summed E-state index contributed by atoms with van der Waals surface area (Å²) >= 11 is 0. The molecule has 6 heteroatoms. The molecule has 1 aliphatic rings. The van der Waals surface area contributed by atoms with Crippen molar-refractivity contribution >= 4 is 20.7 Å². The van der Waals surface area contributed by atoms with E-state index >= 15 is 0 Å². The second-order valence-electron chi connectivity index (χ2n) is 6.17. The summed E-state index contributed by atoms with van der Waals surface area (Å²) in [4.78, 5) is 8.35. The summed E-state index contributed by atoms with van der Waals surface area (Å²) in [7, 11) is -1.15. The summed E-state index contributed by atoms with van der Waals surface area (Å²) in [6.07, 6.45) is 3.43. The van der Waals surface area contributed by atoms with E-state index < -0.39 is 9.84 Å². The Morgan fingerprint density at radius 1 is 1.26 bits per heavy atom. The van der Waals surface area contributed by atoms with E-state index in [-0.39, 0.29) is 5.75 Å². The van der Waals surface area contributed by atoms with Crippen LogP contribution in [0.2, 0.25) is 0 Å². The van der Waals surface area contributed by atoms with Gasteiger partial charge in [-0.15, -0.1) is 6.58 Å². The topological polar surface area (TPSA) is 56.4 Å². The van der Waals surface area contributed by atoms with Gasteiger partial charge >= 0.3 is 0 Å². The van der Waals surface area contributed by atoms with Crippen molar-refractivity contribution in [2.45, 2.75) is 11.4 Å². The Morgan fingerprint density at radius 3 is 2.70 bits per heavy atom. The number of hydrogen-bond acceptors (Lipinski definition) is 4. The average Bonchev–Trinajstić information content (AvgIpc) is 2.92. The van der Waals surface area contributed by atoms with Crippen molar-refractivity contribution in [1.82, 2.24) is 14.8 Å². The van der Waals surface area contributed by atoms with Crippen LogP contribution in [0.25, 0.3) is 10.9 Å². The lowest BCUT2D eigenvalue weighted by Gasteiger charge is -2.32. The summed E-state index contributed by atoms with van der Waals surface area (Å²) < 4.78 is 24.5. The fourth-order valence-corrected chi connectivity index (χ4v) is 4.06. The maximum absolute atomic E-state index is 12.2. The van der Waals surface area contributed by atoms with Crippen LogP contribution in [-0.2, 0) is 16.4 Å². The first-order chi connectivity index (χ1) is 11.0. The predicted octanol–water partition coefficient (Wildman–Crippen LogP) is 1.87. The third-order valence-electron chi connectivity index (χ3n) is 4.43. The van der Waals surface area contributed by atoms with Crippen molar-refractivity contribution in [3.63, 3.8) is 0 Å². The van der Waals surface area contributed by atoms with Gasteiger partial charge in [-0.2, -0.15) is 0 Å². The van der Waals surface area contributed by atoms with Crippen LogP contribution in [-0.4, -0.2) is 62.2 Å². The van der Waals surface area contributed by atoms with E-state index in [0.29, 0.717) is 4.90 Å². The molecule has 1 fully saturated rings. The van der Waals surface area contributed by atoms with Crippen molar-refractivity contribution in [1.29, 1.82) is 0 Å². The van der Waals surface area contributed by atoms with Gasteiger partial charge in [0.1, 0.15) is 0 Å². The van der Waals surface area contributed by atoms with Crippen LogP contribution >= 0.6 is 0 Å². The Kier molecular flexibility index (Phi) is 4.57. The Balaban J connectivity index is 1.88. The molecule has 0 saturated carbocycles. The lowest BCUT2D eigenvalue weighted by molar-refractivity contribution is 0.148. The van der Waals surface area contributed by atoms with Gasteiger partial charge in [0.05, 0.1) is 10.6 Å². The smallest absolute Gasteiger partial charge is 0.181 e. The summed E-state index contributed by atoms with van der Waals surface area (Å²) in [5.74, 6) is -0.0310. The third-order valence-corrected chi connectivity index (χ3v) is 6.07. The Bertz CT molecular complexity index is 802. The molecule has 1 aromatic heterocycles. The van der Waals surface area contributed by atoms with E-state index in [0.717, 1.165) is 49.2 Å². The van der Waals surface area contributed by atoms with Gasteiger partial charge in [-0.3, -0.25) is 4.90 Å². The second kappa shape index (κ2) is 6.47. The molecule has 5 nitrogen and oxygen atoms in total. The summed E-state index contributed by atoms with van der Waals surface area (Å²) in [5.41, 5.74) is 2.13. The van der Waals surface area contributed by atoms with Crippen LogP contribution in [0.3, 0.4) is 0 Å². The van der Waals surface area contributed by atoms with Gasteiger partial charge in [0.25, 0.3) is 0 Å². The molecule has 23 heavy (non-hydrogen) atoms. The van der Waals surface area contributed by atoms with Crippen molar-refractivity contribution in [3.8, 4) is 0 Å². The highest BCUT2D eigenvalue weighted by molar-refractivity contribution is 7.91. The van der Waals surface area contributed by atoms with Crippen LogP contribution in [0.1, 0.15) is 5.56 Å². The molecule has 0 spiro atoms. The molecule has 0 atom stereocenters. The van der Waals surface area contributed by atoms with Gasteiger partial charge in [-0.25, -0.2) is 8.42 Å². The van der Waals surface area contributed by atoms with E-state index in [1.807, 2.05) is 12.3 Å². The molecule has 2 heterocycles. The molecule has 0 radical (unpaired) electrons. The van der Waals surface area contributed by atoms with Crippen LogP contribution in [0.15, 0.2) is 41.9 Å². The molecule has 124 valence electrons. The second-order valence-corrected chi connectivity index (χ2v) is 8.21. The van der Waals surface area contributed by atoms with Crippen molar-refractivity contribution in [3.05, 3.63) is 42.6 Å². The van der Waals surface area contributed by atoms with Crippen LogP contribution in [0, 0.1) is 0 Å². The molecular formula is C17H23N3O2S. The highest BCUT2D eigenvalue weighted by Gasteiger charge is 2.17. The summed E-state index contributed by atoms with van der Waals surface area (Å²) in [6, 6.07) is 5.30. The lowest BCUT2D eigenvalue weighted by atomic mass is 10.1. The zero-order chi connectivity index (χ0) is 16.4. The Hall–Kier alpha value is -1.63. The zero-order valence-corrected chi connectivity index (χ0v) is 14.3. The normalized spacial score (nSPS) is 17.6. The van der Waals surface area contributed by atoms with Gasteiger partial charge in [0, 0.05) is 49.8 Å². The Labute approximate surface area is 137 Å². The van der Waals surface area contributed by atoms with Gasteiger partial charge in [-0.05, 0) is 30.8 Å². The fraction of sp³-hybridized carbons (Fsp3) is 0.412. The zero-order valence-electron chi connectivity index (χ0n) is 13.5. The molecule has 1 saturated heterocycles. The minimum absolute atomic E-state index is 0.0310. The molecular weight excluding hydrogens is 310 g/mol. The largest absolute Gasteiger partial charge is 0.361 e. The van der Waals surface area contributed by atoms with Gasteiger partial charge < -0.3 is 9.88 Å². The molecule has 0 bridgehead atoms. The molecule has 1 aromatic carbocycles.